The average molecular weight is 487 g/mol. The first-order chi connectivity index (χ1) is 16.0. The first-order valence-corrected chi connectivity index (χ1v) is 13.5. The quantitative estimate of drug-likeness (QED) is 0.554. The Morgan fingerprint density at radius 1 is 1.09 bits per heavy atom. The molecule has 1 fully saturated rings. The third-order valence-corrected chi connectivity index (χ3v) is 8.83. The number of sulfonamides is 1. The minimum Gasteiger partial charge on any atom is -0.465 e. The van der Waals surface area contributed by atoms with Crippen LogP contribution in [0.15, 0.2) is 29.2 Å². The summed E-state index contributed by atoms with van der Waals surface area (Å²) in [6.07, 6.45) is 3.47. The van der Waals surface area contributed by atoms with Gasteiger partial charge in [0.25, 0.3) is 0 Å². The Hall–Kier alpha value is -2.45. The van der Waals surface area contributed by atoms with Crippen molar-refractivity contribution >= 4 is 21.8 Å². The van der Waals surface area contributed by atoms with Crippen molar-refractivity contribution in [1.82, 2.24) is 8.87 Å². The van der Waals surface area contributed by atoms with Crippen LogP contribution in [-0.2, 0) is 38.9 Å². The summed E-state index contributed by atoms with van der Waals surface area (Å²) in [7, 11) is -3.46. The van der Waals surface area contributed by atoms with Gasteiger partial charge in [-0.3, -0.25) is 9.59 Å². The van der Waals surface area contributed by atoms with Crippen LogP contribution in [0.3, 0.4) is 0 Å². The average Bonchev–Trinajstić information content (AvgIpc) is 3.38. The zero-order chi connectivity index (χ0) is 24.7. The molecule has 0 atom stereocenters. The maximum absolute atomic E-state index is 13.2. The summed E-state index contributed by atoms with van der Waals surface area (Å²) in [5.41, 5.74) is 4.17. The standard InChI is InChI=1S/C26H34N2O5S/c1-5-33-24(30)17-28-18(2)21(25-22(28)15-26(3,4)16-23(25)29)14-19-8-10-20(11-9-19)34(31,32)27-12-6-7-13-27/h8-11H,5-7,12-17H2,1-4H3. The van der Waals surface area contributed by atoms with E-state index in [1.54, 1.807) is 23.4 Å². The fourth-order valence-electron chi connectivity index (χ4n) is 5.23. The second-order valence-corrected chi connectivity index (χ2v) is 12.1. The van der Waals surface area contributed by atoms with E-state index in [4.69, 9.17) is 4.74 Å². The van der Waals surface area contributed by atoms with E-state index in [0.717, 1.165) is 40.9 Å². The molecule has 8 heteroatoms. The molecule has 0 bridgehead atoms. The molecule has 34 heavy (non-hydrogen) atoms. The van der Waals surface area contributed by atoms with E-state index in [1.165, 1.54) is 0 Å². The van der Waals surface area contributed by atoms with Gasteiger partial charge in [-0.25, -0.2) is 8.42 Å². The Morgan fingerprint density at radius 2 is 1.74 bits per heavy atom. The number of aromatic nitrogens is 1. The van der Waals surface area contributed by atoms with Gasteiger partial charge in [0, 0.05) is 36.5 Å². The van der Waals surface area contributed by atoms with Crippen LogP contribution >= 0.6 is 0 Å². The molecule has 184 valence electrons. The van der Waals surface area contributed by atoms with E-state index >= 15 is 0 Å². The molecule has 1 aliphatic carbocycles. The Balaban J connectivity index is 1.67. The predicted molar refractivity (Wildman–Crippen MR) is 129 cm³/mol. The largest absolute Gasteiger partial charge is 0.465 e. The fraction of sp³-hybridized carbons (Fsp3) is 0.538. The highest BCUT2D eigenvalue weighted by atomic mass is 32.2. The van der Waals surface area contributed by atoms with Crippen molar-refractivity contribution < 1.29 is 22.7 Å². The summed E-state index contributed by atoms with van der Waals surface area (Å²) >= 11 is 0. The highest BCUT2D eigenvalue weighted by molar-refractivity contribution is 7.89. The van der Waals surface area contributed by atoms with Gasteiger partial charge in [-0.05, 0) is 68.2 Å². The van der Waals surface area contributed by atoms with Crippen LogP contribution in [0, 0.1) is 12.3 Å². The number of fused-ring (bicyclic) bond motifs is 1. The number of nitrogens with zero attached hydrogens (tertiary/aromatic N) is 2. The van der Waals surface area contributed by atoms with Crippen LogP contribution in [0.2, 0.25) is 0 Å². The Morgan fingerprint density at radius 3 is 2.35 bits per heavy atom. The molecule has 0 saturated carbocycles. The molecule has 0 radical (unpaired) electrons. The van der Waals surface area contributed by atoms with Gasteiger partial charge >= 0.3 is 5.97 Å². The van der Waals surface area contributed by atoms with Crippen molar-refractivity contribution in [1.29, 1.82) is 0 Å². The highest BCUT2D eigenvalue weighted by Crippen LogP contribution is 2.39. The molecule has 2 heterocycles. The summed E-state index contributed by atoms with van der Waals surface area (Å²) in [4.78, 5) is 25.8. The van der Waals surface area contributed by atoms with Crippen molar-refractivity contribution in [2.75, 3.05) is 19.7 Å². The molecule has 0 N–H and O–H groups in total. The SMILES string of the molecule is CCOC(=O)Cn1c(C)c(Cc2ccc(S(=O)(=O)N3CCCC3)cc2)c2c1CC(C)(C)CC2=O. The molecule has 0 amide bonds. The fourth-order valence-corrected chi connectivity index (χ4v) is 6.75. The summed E-state index contributed by atoms with van der Waals surface area (Å²) in [6.45, 7) is 9.41. The smallest absolute Gasteiger partial charge is 0.325 e. The molecule has 0 unspecified atom stereocenters. The number of ether oxygens (including phenoxy) is 1. The lowest BCUT2D eigenvalue weighted by molar-refractivity contribution is -0.143. The number of esters is 1. The first-order valence-electron chi connectivity index (χ1n) is 12.0. The van der Waals surface area contributed by atoms with Crippen molar-refractivity contribution in [3.63, 3.8) is 0 Å². The molecule has 2 aromatic rings. The minimum absolute atomic E-state index is 0.0817. The molecular weight excluding hydrogens is 452 g/mol. The molecule has 1 aromatic heterocycles. The van der Waals surface area contributed by atoms with Gasteiger partial charge in [0.2, 0.25) is 10.0 Å². The lowest BCUT2D eigenvalue weighted by Crippen LogP contribution is -2.29. The molecule has 1 aliphatic heterocycles. The Labute approximate surface area is 202 Å². The Bertz CT molecular complexity index is 1200. The van der Waals surface area contributed by atoms with E-state index in [0.29, 0.717) is 43.9 Å². The van der Waals surface area contributed by atoms with E-state index in [9.17, 15) is 18.0 Å². The molecule has 2 aliphatic rings. The highest BCUT2D eigenvalue weighted by Gasteiger charge is 2.37. The van der Waals surface area contributed by atoms with Gasteiger partial charge in [0.05, 0.1) is 11.5 Å². The second-order valence-electron chi connectivity index (χ2n) is 10.1. The summed E-state index contributed by atoms with van der Waals surface area (Å²) < 4.78 is 34.4. The van der Waals surface area contributed by atoms with Gasteiger partial charge in [-0.15, -0.1) is 0 Å². The first kappa shape index (κ1) is 24.7. The second kappa shape index (κ2) is 9.30. The van der Waals surface area contributed by atoms with Crippen LogP contribution in [0.25, 0.3) is 0 Å². The van der Waals surface area contributed by atoms with Crippen molar-refractivity contribution in [3.05, 3.63) is 52.3 Å². The number of rotatable bonds is 7. The normalized spacial score (nSPS) is 18.2. The van der Waals surface area contributed by atoms with Crippen LogP contribution < -0.4 is 0 Å². The molecule has 7 nitrogen and oxygen atoms in total. The van der Waals surface area contributed by atoms with Crippen LogP contribution in [0.1, 0.15) is 72.9 Å². The number of carbonyl (C=O) groups excluding carboxylic acids is 2. The van der Waals surface area contributed by atoms with E-state index in [1.807, 2.05) is 23.6 Å². The van der Waals surface area contributed by atoms with Crippen molar-refractivity contribution in [2.45, 2.75) is 71.2 Å². The molecule has 1 saturated heterocycles. The zero-order valence-electron chi connectivity index (χ0n) is 20.5. The van der Waals surface area contributed by atoms with Crippen LogP contribution in [-0.4, -0.2) is 48.7 Å². The monoisotopic (exact) mass is 486 g/mol. The number of hydrogen-bond acceptors (Lipinski definition) is 5. The number of hydrogen-bond donors (Lipinski definition) is 0. The number of ketones is 1. The van der Waals surface area contributed by atoms with E-state index < -0.39 is 10.0 Å². The van der Waals surface area contributed by atoms with Crippen molar-refractivity contribution in [3.8, 4) is 0 Å². The number of Topliss-reactive ketones (excluding diaryl/α,β-unsaturated/α-hetero) is 1. The third-order valence-electron chi connectivity index (χ3n) is 6.92. The lowest BCUT2D eigenvalue weighted by Gasteiger charge is -2.30. The van der Waals surface area contributed by atoms with E-state index in [2.05, 4.69) is 13.8 Å². The van der Waals surface area contributed by atoms with Crippen molar-refractivity contribution in [2.24, 2.45) is 5.41 Å². The molecule has 4 rings (SSSR count). The topological polar surface area (TPSA) is 85.7 Å². The van der Waals surface area contributed by atoms with Gasteiger partial charge in [0.1, 0.15) is 6.54 Å². The maximum atomic E-state index is 13.2. The van der Waals surface area contributed by atoms with Gasteiger partial charge in [0.15, 0.2) is 5.78 Å². The summed E-state index contributed by atoms with van der Waals surface area (Å²) in [5, 5.41) is 0. The van der Waals surface area contributed by atoms with Crippen LogP contribution in [0.5, 0.6) is 0 Å². The Kier molecular flexibility index (Phi) is 6.75. The minimum atomic E-state index is -3.46. The van der Waals surface area contributed by atoms with E-state index in [-0.39, 0.29) is 23.7 Å². The zero-order valence-corrected chi connectivity index (χ0v) is 21.3. The molecular formula is C26H34N2O5S. The maximum Gasteiger partial charge on any atom is 0.325 e. The van der Waals surface area contributed by atoms with Gasteiger partial charge < -0.3 is 9.30 Å². The molecule has 0 spiro atoms. The number of benzene rings is 1. The summed E-state index contributed by atoms with van der Waals surface area (Å²) in [6, 6.07) is 6.97. The summed E-state index contributed by atoms with van der Waals surface area (Å²) in [5.74, 6) is -0.220. The number of carbonyl (C=O) groups is 2. The van der Waals surface area contributed by atoms with Gasteiger partial charge in [-0.2, -0.15) is 4.31 Å². The third kappa shape index (κ3) is 4.70. The lowest BCUT2D eigenvalue weighted by atomic mass is 9.75. The van der Waals surface area contributed by atoms with Gasteiger partial charge in [-0.1, -0.05) is 26.0 Å². The van der Waals surface area contributed by atoms with Crippen LogP contribution in [0.4, 0.5) is 0 Å². The molecule has 1 aromatic carbocycles. The predicted octanol–water partition coefficient (Wildman–Crippen LogP) is 3.89.